The summed E-state index contributed by atoms with van der Waals surface area (Å²) in [7, 11) is 2.16. The van der Waals surface area contributed by atoms with Crippen LogP contribution in [-0.4, -0.2) is 35.6 Å². The molecule has 0 radical (unpaired) electrons. The highest BCUT2D eigenvalue weighted by atomic mass is 32.1. The van der Waals surface area contributed by atoms with E-state index in [4.69, 9.17) is 22.7 Å². The summed E-state index contributed by atoms with van der Waals surface area (Å²) in [6.07, 6.45) is 2.11. The molecule has 0 aliphatic rings. The molecule has 0 fully saturated rings. The van der Waals surface area contributed by atoms with E-state index in [2.05, 4.69) is 32.7 Å². The normalized spacial score (nSPS) is 11.7. The second-order valence-corrected chi connectivity index (χ2v) is 6.09. The number of para-hydroxylation sites is 1. The average molecular weight is 294 g/mol. The first-order valence-electron chi connectivity index (χ1n) is 7.11. The van der Waals surface area contributed by atoms with E-state index in [0.29, 0.717) is 11.6 Å². The van der Waals surface area contributed by atoms with Gasteiger partial charge in [-0.15, -0.1) is 0 Å². The summed E-state index contributed by atoms with van der Waals surface area (Å²) in [5.41, 5.74) is 6.73. The molecule has 4 heteroatoms. The highest BCUT2D eigenvalue weighted by Gasteiger charge is 2.20. The molecule has 0 aliphatic carbocycles. The Labute approximate surface area is 128 Å². The van der Waals surface area contributed by atoms with E-state index in [1.807, 2.05) is 24.3 Å². The lowest BCUT2D eigenvalue weighted by molar-refractivity contribution is 0.140. The molecule has 20 heavy (non-hydrogen) atoms. The van der Waals surface area contributed by atoms with Gasteiger partial charge < -0.3 is 15.4 Å². The van der Waals surface area contributed by atoms with E-state index in [1.54, 1.807) is 0 Å². The van der Waals surface area contributed by atoms with Gasteiger partial charge in [0, 0.05) is 12.1 Å². The molecule has 0 aliphatic heterocycles. The zero-order valence-corrected chi connectivity index (χ0v) is 13.8. The van der Waals surface area contributed by atoms with Gasteiger partial charge in [-0.2, -0.15) is 0 Å². The molecule has 0 heterocycles. The summed E-state index contributed by atoms with van der Waals surface area (Å²) in [4.78, 5) is 2.75. The molecular formula is C16H26N2OS. The van der Waals surface area contributed by atoms with Crippen molar-refractivity contribution in [3.8, 4) is 5.75 Å². The van der Waals surface area contributed by atoms with Crippen LogP contribution in [0.5, 0.6) is 5.75 Å². The summed E-state index contributed by atoms with van der Waals surface area (Å²) in [6, 6.07) is 7.65. The fraction of sp³-hybridized carbons (Fsp3) is 0.562. The van der Waals surface area contributed by atoms with Gasteiger partial charge in [-0.1, -0.05) is 31.3 Å². The van der Waals surface area contributed by atoms with Crippen molar-refractivity contribution >= 4 is 17.2 Å². The first kappa shape index (κ1) is 16.9. The van der Waals surface area contributed by atoms with E-state index >= 15 is 0 Å². The largest absolute Gasteiger partial charge is 0.493 e. The predicted molar refractivity (Wildman–Crippen MR) is 89.4 cm³/mol. The zero-order chi connectivity index (χ0) is 15.2. The van der Waals surface area contributed by atoms with Gasteiger partial charge in [-0.05, 0) is 45.9 Å². The highest BCUT2D eigenvalue weighted by molar-refractivity contribution is 7.80. The van der Waals surface area contributed by atoms with Gasteiger partial charge in [0.1, 0.15) is 10.7 Å². The molecule has 0 bridgehead atoms. The average Bonchev–Trinajstić information content (AvgIpc) is 2.43. The third kappa shape index (κ3) is 4.76. The molecule has 1 aromatic rings. The molecule has 3 nitrogen and oxygen atoms in total. The van der Waals surface area contributed by atoms with Gasteiger partial charge in [0.05, 0.1) is 12.2 Å². The number of nitrogens with zero attached hydrogens (tertiary/aromatic N) is 1. The van der Waals surface area contributed by atoms with Crippen molar-refractivity contribution in [1.82, 2.24) is 4.90 Å². The molecule has 1 aromatic carbocycles. The van der Waals surface area contributed by atoms with Crippen LogP contribution in [0, 0.1) is 0 Å². The zero-order valence-electron chi connectivity index (χ0n) is 13.0. The van der Waals surface area contributed by atoms with Crippen molar-refractivity contribution in [2.75, 3.05) is 20.2 Å². The Kier molecular flexibility index (Phi) is 6.43. The van der Waals surface area contributed by atoms with E-state index in [9.17, 15) is 0 Å². The number of hydrogen-bond acceptors (Lipinski definition) is 3. The summed E-state index contributed by atoms with van der Waals surface area (Å²) in [5, 5.41) is 0. The van der Waals surface area contributed by atoms with Crippen molar-refractivity contribution in [1.29, 1.82) is 0 Å². The van der Waals surface area contributed by atoms with Crippen molar-refractivity contribution in [3.05, 3.63) is 29.8 Å². The van der Waals surface area contributed by atoms with Gasteiger partial charge in [0.25, 0.3) is 0 Å². The van der Waals surface area contributed by atoms with Crippen LogP contribution in [0.15, 0.2) is 24.3 Å². The van der Waals surface area contributed by atoms with Gasteiger partial charge in [0.15, 0.2) is 0 Å². The van der Waals surface area contributed by atoms with Crippen LogP contribution in [0.1, 0.15) is 39.2 Å². The van der Waals surface area contributed by atoms with Gasteiger partial charge in [-0.3, -0.25) is 0 Å². The fourth-order valence-electron chi connectivity index (χ4n) is 1.85. The standard InChI is InChI=1S/C16H26N2OS/c1-5-16(2,3)18(4)11-8-12-19-14-10-7-6-9-13(14)15(17)20/h6-7,9-10H,5,8,11-12H2,1-4H3,(H2,17,20). The first-order valence-corrected chi connectivity index (χ1v) is 7.52. The lowest BCUT2D eigenvalue weighted by Gasteiger charge is -2.34. The number of rotatable bonds is 8. The number of thiocarbonyl (C=S) groups is 1. The lowest BCUT2D eigenvalue weighted by Crippen LogP contribution is -2.41. The number of hydrogen-bond donors (Lipinski definition) is 1. The number of benzene rings is 1. The van der Waals surface area contributed by atoms with Crippen molar-refractivity contribution in [2.24, 2.45) is 5.73 Å². The summed E-state index contributed by atoms with van der Waals surface area (Å²) in [5.74, 6) is 0.775. The van der Waals surface area contributed by atoms with Gasteiger partial charge in [0.2, 0.25) is 0 Å². The minimum atomic E-state index is 0.233. The van der Waals surface area contributed by atoms with Gasteiger partial charge >= 0.3 is 0 Å². The predicted octanol–water partition coefficient (Wildman–Crippen LogP) is 3.21. The van der Waals surface area contributed by atoms with Crippen molar-refractivity contribution in [3.63, 3.8) is 0 Å². The SMILES string of the molecule is CCC(C)(C)N(C)CCCOc1ccccc1C(N)=S. The fourth-order valence-corrected chi connectivity index (χ4v) is 2.02. The second kappa shape index (κ2) is 7.60. The number of ether oxygens (including phenoxy) is 1. The third-order valence-corrected chi connectivity index (χ3v) is 4.17. The molecule has 0 atom stereocenters. The smallest absolute Gasteiger partial charge is 0.129 e. The maximum absolute atomic E-state index is 5.80. The van der Waals surface area contributed by atoms with Crippen molar-refractivity contribution in [2.45, 2.75) is 39.2 Å². The van der Waals surface area contributed by atoms with Crippen LogP contribution >= 0.6 is 12.2 Å². The van der Waals surface area contributed by atoms with Gasteiger partial charge in [-0.25, -0.2) is 0 Å². The van der Waals surface area contributed by atoms with E-state index in [-0.39, 0.29) is 5.54 Å². The molecule has 0 amide bonds. The third-order valence-electron chi connectivity index (χ3n) is 3.95. The van der Waals surface area contributed by atoms with Crippen LogP contribution in [0.3, 0.4) is 0 Å². The maximum Gasteiger partial charge on any atom is 0.129 e. The Morgan fingerprint density at radius 3 is 2.60 bits per heavy atom. The molecule has 0 saturated heterocycles. The second-order valence-electron chi connectivity index (χ2n) is 5.65. The quantitative estimate of drug-likeness (QED) is 0.590. The van der Waals surface area contributed by atoms with E-state index in [1.165, 1.54) is 0 Å². The van der Waals surface area contributed by atoms with Crippen LogP contribution in [0.2, 0.25) is 0 Å². The number of nitrogens with two attached hydrogens (primary N) is 1. The molecule has 0 aromatic heterocycles. The van der Waals surface area contributed by atoms with Crippen LogP contribution in [-0.2, 0) is 0 Å². The molecule has 0 unspecified atom stereocenters. The van der Waals surface area contributed by atoms with Crippen molar-refractivity contribution < 1.29 is 4.74 Å². The summed E-state index contributed by atoms with van der Waals surface area (Å²) < 4.78 is 5.80. The van der Waals surface area contributed by atoms with Crippen LogP contribution in [0.25, 0.3) is 0 Å². The topological polar surface area (TPSA) is 38.5 Å². The monoisotopic (exact) mass is 294 g/mol. The first-order chi connectivity index (χ1) is 9.38. The molecule has 2 N–H and O–H groups in total. The van der Waals surface area contributed by atoms with E-state index < -0.39 is 0 Å². The summed E-state index contributed by atoms with van der Waals surface area (Å²) >= 11 is 5.02. The lowest BCUT2D eigenvalue weighted by atomic mass is 10.00. The Balaban J connectivity index is 2.44. The Bertz CT molecular complexity index is 446. The minimum Gasteiger partial charge on any atom is -0.493 e. The van der Waals surface area contributed by atoms with E-state index in [0.717, 1.165) is 30.7 Å². The molecular weight excluding hydrogens is 268 g/mol. The molecule has 0 spiro atoms. The van der Waals surface area contributed by atoms with Crippen LogP contribution in [0.4, 0.5) is 0 Å². The van der Waals surface area contributed by atoms with Crippen LogP contribution < -0.4 is 10.5 Å². The molecule has 112 valence electrons. The Morgan fingerprint density at radius 2 is 2.00 bits per heavy atom. The molecule has 0 saturated carbocycles. The molecule has 1 rings (SSSR count). The Hall–Kier alpha value is -1.13. The maximum atomic E-state index is 5.80. The summed E-state index contributed by atoms with van der Waals surface area (Å²) in [6.45, 7) is 8.41. The minimum absolute atomic E-state index is 0.233. The highest BCUT2D eigenvalue weighted by Crippen LogP contribution is 2.19. The Morgan fingerprint density at radius 1 is 1.35 bits per heavy atom.